The lowest BCUT2D eigenvalue weighted by Crippen LogP contribution is -2.26. The molecule has 0 aliphatic rings. The molecule has 0 unspecified atom stereocenters. The smallest absolute Gasteiger partial charge is 0.254 e. The Morgan fingerprint density at radius 3 is 2.89 bits per heavy atom. The van der Waals surface area contributed by atoms with Crippen molar-refractivity contribution in [3.05, 3.63) is 46.5 Å². The number of aryl methyl sites for hydroxylation is 2. The second-order valence-electron chi connectivity index (χ2n) is 4.33. The van der Waals surface area contributed by atoms with Gasteiger partial charge in [-0.3, -0.25) is 14.5 Å². The van der Waals surface area contributed by atoms with Gasteiger partial charge < -0.3 is 5.32 Å². The minimum Gasteiger partial charge on any atom is -0.352 e. The van der Waals surface area contributed by atoms with Crippen LogP contribution in [0.2, 0.25) is 5.02 Å². The molecule has 0 saturated carbocycles. The van der Waals surface area contributed by atoms with E-state index in [2.05, 4.69) is 15.4 Å². The van der Waals surface area contributed by atoms with E-state index in [-0.39, 0.29) is 5.91 Å². The number of pyridine rings is 1. The van der Waals surface area contributed by atoms with Crippen molar-refractivity contribution in [2.24, 2.45) is 7.05 Å². The lowest BCUT2D eigenvalue weighted by Gasteiger charge is -2.06. The highest BCUT2D eigenvalue weighted by atomic mass is 35.5. The lowest BCUT2D eigenvalue weighted by atomic mass is 10.2. The van der Waals surface area contributed by atoms with Gasteiger partial charge in [-0.2, -0.15) is 5.10 Å². The maximum atomic E-state index is 11.9. The van der Waals surface area contributed by atoms with Crippen molar-refractivity contribution in [3.8, 4) is 0 Å². The first kappa shape index (κ1) is 13.5. The number of carbonyl (C=O) groups is 1. The molecule has 0 aromatic carbocycles. The number of rotatable bonds is 4. The molecule has 0 saturated heterocycles. The molecule has 1 N–H and O–H groups in total. The predicted molar refractivity (Wildman–Crippen MR) is 73.2 cm³/mol. The van der Waals surface area contributed by atoms with Gasteiger partial charge in [0.05, 0.1) is 16.8 Å². The molecule has 0 radical (unpaired) electrons. The Balaban J connectivity index is 1.90. The molecule has 0 fully saturated rings. The van der Waals surface area contributed by atoms with Crippen molar-refractivity contribution in [3.63, 3.8) is 0 Å². The van der Waals surface area contributed by atoms with Gasteiger partial charge in [-0.1, -0.05) is 11.6 Å². The molecule has 2 aromatic heterocycles. The molecule has 0 aliphatic heterocycles. The van der Waals surface area contributed by atoms with Gasteiger partial charge >= 0.3 is 0 Å². The third kappa shape index (κ3) is 3.54. The van der Waals surface area contributed by atoms with E-state index in [0.29, 0.717) is 17.1 Å². The standard InChI is InChI=1S/C13H15ClN4O/c1-9-5-12(14)11(7-16-9)13(19)15-4-3-10-6-17-18(2)8-10/h5-8H,3-4H2,1-2H3,(H,15,19). The molecule has 2 rings (SSSR count). The minimum absolute atomic E-state index is 0.207. The van der Waals surface area contributed by atoms with E-state index in [0.717, 1.165) is 17.7 Å². The quantitative estimate of drug-likeness (QED) is 0.927. The molecule has 0 atom stereocenters. The highest BCUT2D eigenvalue weighted by molar-refractivity contribution is 6.33. The summed E-state index contributed by atoms with van der Waals surface area (Å²) in [5, 5.41) is 7.31. The van der Waals surface area contributed by atoms with Gasteiger partial charge in [0, 0.05) is 31.7 Å². The second kappa shape index (κ2) is 5.84. The van der Waals surface area contributed by atoms with Crippen molar-refractivity contribution in [1.29, 1.82) is 0 Å². The largest absolute Gasteiger partial charge is 0.352 e. The van der Waals surface area contributed by atoms with Crippen LogP contribution in [-0.2, 0) is 13.5 Å². The number of nitrogens with one attached hydrogen (secondary N) is 1. The molecule has 0 bridgehead atoms. The Morgan fingerprint density at radius 2 is 2.26 bits per heavy atom. The van der Waals surface area contributed by atoms with Crippen LogP contribution in [-0.4, -0.2) is 27.2 Å². The Bertz CT molecular complexity index is 594. The van der Waals surface area contributed by atoms with E-state index in [1.165, 1.54) is 6.20 Å². The average molecular weight is 279 g/mol. The summed E-state index contributed by atoms with van der Waals surface area (Å²) in [5.41, 5.74) is 2.27. The van der Waals surface area contributed by atoms with Crippen LogP contribution in [0.25, 0.3) is 0 Å². The molecule has 6 heteroatoms. The fourth-order valence-electron chi connectivity index (χ4n) is 1.71. The first-order valence-corrected chi connectivity index (χ1v) is 6.32. The number of hydrogen-bond acceptors (Lipinski definition) is 3. The molecule has 0 spiro atoms. The first-order valence-electron chi connectivity index (χ1n) is 5.94. The van der Waals surface area contributed by atoms with Gasteiger partial charge in [-0.15, -0.1) is 0 Å². The van der Waals surface area contributed by atoms with Crippen LogP contribution in [0.5, 0.6) is 0 Å². The fourth-order valence-corrected chi connectivity index (χ4v) is 2.00. The van der Waals surface area contributed by atoms with E-state index >= 15 is 0 Å². The van der Waals surface area contributed by atoms with Gasteiger partial charge in [0.1, 0.15) is 0 Å². The van der Waals surface area contributed by atoms with E-state index < -0.39 is 0 Å². The van der Waals surface area contributed by atoms with Crippen molar-refractivity contribution >= 4 is 17.5 Å². The first-order chi connectivity index (χ1) is 9.06. The summed E-state index contributed by atoms with van der Waals surface area (Å²) < 4.78 is 1.73. The summed E-state index contributed by atoms with van der Waals surface area (Å²) in [6.45, 7) is 2.37. The number of amides is 1. The average Bonchev–Trinajstić information content (AvgIpc) is 2.75. The number of halogens is 1. The van der Waals surface area contributed by atoms with Crippen molar-refractivity contribution in [2.75, 3.05) is 6.54 Å². The molecule has 19 heavy (non-hydrogen) atoms. The van der Waals surface area contributed by atoms with E-state index in [1.54, 1.807) is 16.9 Å². The number of aromatic nitrogens is 3. The summed E-state index contributed by atoms with van der Waals surface area (Å²) >= 11 is 6.01. The monoisotopic (exact) mass is 278 g/mol. The highest BCUT2D eigenvalue weighted by Gasteiger charge is 2.10. The van der Waals surface area contributed by atoms with Crippen LogP contribution >= 0.6 is 11.6 Å². The van der Waals surface area contributed by atoms with Crippen molar-refractivity contribution < 1.29 is 4.79 Å². The Labute approximate surface area is 116 Å². The van der Waals surface area contributed by atoms with Gasteiger partial charge in [0.2, 0.25) is 0 Å². The number of nitrogens with zero attached hydrogens (tertiary/aromatic N) is 3. The predicted octanol–water partition coefficient (Wildman–Crippen LogP) is 1.75. The summed E-state index contributed by atoms with van der Waals surface area (Å²) in [6.07, 6.45) is 5.94. The highest BCUT2D eigenvalue weighted by Crippen LogP contribution is 2.15. The Morgan fingerprint density at radius 1 is 1.47 bits per heavy atom. The van der Waals surface area contributed by atoms with E-state index in [1.807, 2.05) is 20.2 Å². The minimum atomic E-state index is -0.207. The Hall–Kier alpha value is -1.88. The Kier molecular flexibility index (Phi) is 4.16. The molecular weight excluding hydrogens is 264 g/mol. The summed E-state index contributed by atoms with van der Waals surface area (Å²) in [6, 6.07) is 1.68. The molecule has 5 nitrogen and oxygen atoms in total. The summed E-state index contributed by atoms with van der Waals surface area (Å²) in [4.78, 5) is 16.0. The van der Waals surface area contributed by atoms with Gasteiger partial charge in [0.25, 0.3) is 5.91 Å². The number of carbonyl (C=O) groups excluding carboxylic acids is 1. The third-order valence-electron chi connectivity index (χ3n) is 2.69. The fraction of sp³-hybridized carbons (Fsp3) is 0.308. The van der Waals surface area contributed by atoms with Crippen LogP contribution in [0.1, 0.15) is 21.6 Å². The second-order valence-corrected chi connectivity index (χ2v) is 4.74. The van der Waals surface area contributed by atoms with Gasteiger partial charge in [0.15, 0.2) is 0 Å². The van der Waals surface area contributed by atoms with Crippen LogP contribution in [0.4, 0.5) is 0 Å². The van der Waals surface area contributed by atoms with Crippen LogP contribution in [0.15, 0.2) is 24.7 Å². The molecule has 0 aliphatic carbocycles. The van der Waals surface area contributed by atoms with Gasteiger partial charge in [-0.25, -0.2) is 0 Å². The maximum Gasteiger partial charge on any atom is 0.254 e. The van der Waals surface area contributed by atoms with Gasteiger partial charge in [-0.05, 0) is 25.0 Å². The zero-order chi connectivity index (χ0) is 13.8. The van der Waals surface area contributed by atoms with E-state index in [4.69, 9.17) is 11.6 Å². The van der Waals surface area contributed by atoms with Crippen LogP contribution in [0.3, 0.4) is 0 Å². The lowest BCUT2D eigenvalue weighted by molar-refractivity contribution is 0.0954. The van der Waals surface area contributed by atoms with Crippen LogP contribution < -0.4 is 5.32 Å². The molecule has 1 amide bonds. The zero-order valence-corrected chi connectivity index (χ0v) is 11.6. The van der Waals surface area contributed by atoms with E-state index in [9.17, 15) is 4.79 Å². The SMILES string of the molecule is Cc1cc(Cl)c(C(=O)NCCc2cnn(C)c2)cn1. The normalized spacial score (nSPS) is 10.5. The summed E-state index contributed by atoms with van der Waals surface area (Å²) in [7, 11) is 1.86. The van der Waals surface area contributed by atoms with Crippen LogP contribution in [0, 0.1) is 6.92 Å². The van der Waals surface area contributed by atoms with Crippen molar-refractivity contribution in [2.45, 2.75) is 13.3 Å². The number of hydrogen-bond donors (Lipinski definition) is 1. The molecular formula is C13H15ClN4O. The summed E-state index contributed by atoms with van der Waals surface area (Å²) in [5.74, 6) is -0.207. The molecule has 2 aromatic rings. The molecule has 100 valence electrons. The third-order valence-corrected chi connectivity index (χ3v) is 3.01. The topological polar surface area (TPSA) is 59.8 Å². The molecule has 2 heterocycles. The van der Waals surface area contributed by atoms with Crippen molar-refractivity contribution in [1.82, 2.24) is 20.1 Å². The maximum absolute atomic E-state index is 11.9. The zero-order valence-electron chi connectivity index (χ0n) is 10.9.